The van der Waals surface area contributed by atoms with Crippen LogP contribution in [0.15, 0.2) is 30.8 Å². The maximum atomic E-state index is 3.73. The summed E-state index contributed by atoms with van der Waals surface area (Å²) in [6, 6.07) is 8.47. The summed E-state index contributed by atoms with van der Waals surface area (Å²) in [5.74, 6) is 0.606. The Morgan fingerprint density at radius 1 is 1.25 bits per heavy atom. The lowest BCUT2D eigenvalue weighted by atomic mass is 10.0. The summed E-state index contributed by atoms with van der Waals surface area (Å²) in [6.45, 7) is 10.6. The molecule has 1 saturated heterocycles. The molecule has 0 spiro atoms. The zero-order valence-electron chi connectivity index (χ0n) is 10.5. The Hall–Kier alpha value is -1.08. The SMILES string of the molecule is C1CCNC1.C=Cc1cccc(C(C)C)c1. The van der Waals surface area contributed by atoms with Gasteiger partial charge in [-0.25, -0.2) is 0 Å². The molecule has 0 amide bonds. The van der Waals surface area contributed by atoms with Crippen LogP contribution in [0.5, 0.6) is 0 Å². The molecule has 1 heteroatoms. The van der Waals surface area contributed by atoms with Gasteiger partial charge in [-0.1, -0.05) is 50.8 Å². The monoisotopic (exact) mass is 217 g/mol. The fraction of sp³-hybridized carbons (Fsp3) is 0.467. The zero-order valence-corrected chi connectivity index (χ0v) is 10.5. The summed E-state index contributed by atoms with van der Waals surface area (Å²) < 4.78 is 0. The molecule has 0 saturated carbocycles. The van der Waals surface area contributed by atoms with E-state index in [2.05, 4.69) is 50.0 Å². The molecule has 0 unspecified atom stereocenters. The second-order valence-corrected chi connectivity index (χ2v) is 4.49. The number of benzene rings is 1. The normalized spacial score (nSPS) is 14.4. The van der Waals surface area contributed by atoms with Crippen LogP contribution in [0, 0.1) is 0 Å². The Morgan fingerprint density at radius 2 is 1.94 bits per heavy atom. The molecule has 1 heterocycles. The molecule has 0 atom stereocenters. The van der Waals surface area contributed by atoms with Crippen LogP contribution in [0.1, 0.15) is 43.7 Å². The van der Waals surface area contributed by atoms with E-state index in [1.165, 1.54) is 37.1 Å². The molecule has 1 fully saturated rings. The van der Waals surface area contributed by atoms with Crippen molar-refractivity contribution in [2.45, 2.75) is 32.6 Å². The van der Waals surface area contributed by atoms with Crippen molar-refractivity contribution in [2.75, 3.05) is 13.1 Å². The third-order valence-electron chi connectivity index (χ3n) is 2.77. The van der Waals surface area contributed by atoms with Crippen LogP contribution in [-0.4, -0.2) is 13.1 Å². The van der Waals surface area contributed by atoms with Crippen LogP contribution in [0.2, 0.25) is 0 Å². The van der Waals surface area contributed by atoms with E-state index in [0.717, 1.165) is 0 Å². The lowest BCUT2D eigenvalue weighted by Gasteiger charge is -2.04. The Kier molecular flexibility index (Phi) is 5.87. The summed E-state index contributed by atoms with van der Waals surface area (Å²) in [5, 5.41) is 3.22. The van der Waals surface area contributed by atoms with E-state index in [1.807, 2.05) is 6.08 Å². The van der Waals surface area contributed by atoms with Crippen LogP contribution in [0.25, 0.3) is 6.08 Å². The van der Waals surface area contributed by atoms with Crippen molar-refractivity contribution in [3.05, 3.63) is 42.0 Å². The molecular weight excluding hydrogens is 194 g/mol. The largest absolute Gasteiger partial charge is 0.317 e. The highest BCUT2D eigenvalue weighted by molar-refractivity contribution is 5.48. The molecule has 0 aromatic heterocycles. The second kappa shape index (κ2) is 7.24. The van der Waals surface area contributed by atoms with Gasteiger partial charge in [-0.05, 0) is 43.0 Å². The van der Waals surface area contributed by atoms with Gasteiger partial charge in [0.25, 0.3) is 0 Å². The molecule has 16 heavy (non-hydrogen) atoms. The summed E-state index contributed by atoms with van der Waals surface area (Å²) in [5.41, 5.74) is 2.58. The van der Waals surface area contributed by atoms with Crippen molar-refractivity contribution >= 4 is 6.08 Å². The van der Waals surface area contributed by atoms with Crippen molar-refractivity contribution in [3.63, 3.8) is 0 Å². The number of nitrogens with one attached hydrogen (secondary N) is 1. The average molecular weight is 217 g/mol. The average Bonchev–Trinajstić information content (AvgIpc) is 2.88. The molecule has 88 valence electrons. The standard InChI is InChI=1S/C11H14.C4H9N/c1-4-10-6-5-7-11(8-10)9(2)3;1-2-4-5-3-1/h4-9H,1H2,2-3H3;5H,1-4H2. The van der Waals surface area contributed by atoms with Crippen LogP contribution in [-0.2, 0) is 0 Å². The van der Waals surface area contributed by atoms with E-state index < -0.39 is 0 Å². The van der Waals surface area contributed by atoms with Gasteiger partial charge in [0.1, 0.15) is 0 Å². The molecule has 1 N–H and O–H groups in total. The Labute approximate surface area is 99.6 Å². The highest BCUT2D eigenvalue weighted by Crippen LogP contribution is 2.15. The fourth-order valence-corrected chi connectivity index (χ4v) is 1.67. The smallest absolute Gasteiger partial charge is 0.00484 e. The van der Waals surface area contributed by atoms with Gasteiger partial charge in [0, 0.05) is 0 Å². The minimum absolute atomic E-state index is 0.606. The first kappa shape index (κ1) is 13.0. The first-order valence-corrected chi connectivity index (χ1v) is 6.17. The van der Waals surface area contributed by atoms with Gasteiger partial charge in [0.05, 0.1) is 0 Å². The topological polar surface area (TPSA) is 12.0 Å². The van der Waals surface area contributed by atoms with E-state index in [9.17, 15) is 0 Å². The molecule has 0 bridgehead atoms. The highest BCUT2D eigenvalue weighted by Gasteiger charge is 1.97. The zero-order chi connectivity index (χ0) is 11.8. The van der Waals surface area contributed by atoms with Crippen molar-refractivity contribution in [1.29, 1.82) is 0 Å². The number of rotatable bonds is 2. The molecule has 1 aromatic carbocycles. The second-order valence-electron chi connectivity index (χ2n) is 4.49. The highest BCUT2D eigenvalue weighted by atomic mass is 14.9. The fourth-order valence-electron chi connectivity index (χ4n) is 1.67. The predicted octanol–water partition coefficient (Wildman–Crippen LogP) is 3.82. The van der Waals surface area contributed by atoms with Gasteiger partial charge < -0.3 is 5.32 Å². The van der Waals surface area contributed by atoms with Crippen LogP contribution in [0.4, 0.5) is 0 Å². The molecule has 0 radical (unpaired) electrons. The minimum atomic E-state index is 0.606. The third-order valence-corrected chi connectivity index (χ3v) is 2.77. The summed E-state index contributed by atoms with van der Waals surface area (Å²) in [7, 11) is 0. The maximum absolute atomic E-state index is 3.73. The van der Waals surface area contributed by atoms with E-state index in [0.29, 0.717) is 5.92 Å². The van der Waals surface area contributed by atoms with Gasteiger partial charge >= 0.3 is 0 Å². The van der Waals surface area contributed by atoms with Crippen molar-refractivity contribution < 1.29 is 0 Å². The van der Waals surface area contributed by atoms with Gasteiger partial charge in [-0.15, -0.1) is 0 Å². The molecule has 1 aliphatic heterocycles. The molecule has 2 rings (SSSR count). The molecule has 1 nitrogen and oxygen atoms in total. The van der Waals surface area contributed by atoms with E-state index in [-0.39, 0.29) is 0 Å². The minimum Gasteiger partial charge on any atom is -0.317 e. The lowest BCUT2D eigenvalue weighted by Crippen LogP contribution is -2.03. The molecule has 1 aromatic rings. The van der Waals surface area contributed by atoms with Gasteiger partial charge in [-0.3, -0.25) is 0 Å². The Bertz CT molecular complexity index is 303. The quantitative estimate of drug-likeness (QED) is 0.794. The molecule has 1 aliphatic rings. The first-order chi connectivity index (χ1) is 7.74. The number of hydrogen-bond acceptors (Lipinski definition) is 1. The van der Waals surface area contributed by atoms with Crippen LogP contribution >= 0.6 is 0 Å². The van der Waals surface area contributed by atoms with Gasteiger partial charge in [-0.2, -0.15) is 0 Å². The van der Waals surface area contributed by atoms with E-state index in [1.54, 1.807) is 0 Å². The molecular formula is C15H23N. The van der Waals surface area contributed by atoms with E-state index >= 15 is 0 Å². The Balaban J connectivity index is 0.000000212. The third kappa shape index (κ3) is 4.63. The summed E-state index contributed by atoms with van der Waals surface area (Å²) in [4.78, 5) is 0. The van der Waals surface area contributed by atoms with Crippen LogP contribution in [0.3, 0.4) is 0 Å². The van der Waals surface area contributed by atoms with Crippen molar-refractivity contribution in [3.8, 4) is 0 Å². The Morgan fingerprint density at radius 3 is 2.38 bits per heavy atom. The van der Waals surface area contributed by atoms with Crippen molar-refractivity contribution in [1.82, 2.24) is 5.32 Å². The summed E-state index contributed by atoms with van der Waals surface area (Å²) in [6.07, 6.45) is 4.66. The van der Waals surface area contributed by atoms with Gasteiger partial charge in [0.2, 0.25) is 0 Å². The maximum Gasteiger partial charge on any atom is -0.00484 e. The van der Waals surface area contributed by atoms with Crippen LogP contribution < -0.4 is 5.32 Å². The molecule has 0 aliphatic carbocycles. The number of hydrogen-bond donors (Lipinski definition) is 1. The first-order valence-electron chi connectivity index (χ1n) is 6.17. The predicted molar refractivity (Wildman–Crippen MR) is 72.7 cm³/mol. The lowest BCUT2D eigenvalue weighted by molar-refractivity contribution is 0.857. The summed E-state index contributed by atoms with van der Waals surface area (Å²) >= 11 is 0. The van der Waals surface area contributed by atoms with Gasteiger partial charge in [0.15, 0.2) is 0 Å². The van der Waals surface area contributed by atoms with E-state index in [4.69, 9.17) is 0 Å². The van der Waals surface area contributed by atoms with Crippen molar-refractivity contribution in [2.24, 2.45) is 0 Å².